The highest BCUT2D eigenvalue weighted by Crippen LogP contribution is 2.34. The van der Waals surface area contributed by atoms with Gasteiger partial charge in [-0.2, -0.15) is 0 Å². The van der Waals surface area contributed by atoms with Gasteiger partial charge in [-0.15, -0.1) is 0 Å². The van der Waals surface area contributed by atoms with E-state index in [-0.39, 0.29) is 24.1 Å². The highest BCUT2D eigenvalue weighted by atomic mass is 16.5. The number of benzene rings is 2. The van der Waals surface area contributed by atoms with E-state index in [1.165, 1.54) is 0 Å². The standard InChI is InChI=1S/C23H25N3O4/c1-3-30-20-7-4-18(5-8-20)24-23(29)17-13-22(28)26(14-17)19-6-9-21-16(12-19)10-11-25(21)15(2)27/h4-9,12,17H,3,10-11,13-14H2,1-2H3,(H,24,29). The van der Waals surface area contributed by atoms with E-state index in [0.717, 1.165) is 29.1 Å². The highest BCUT2D eigenvalue weighted by Gasteiger charge is 2.36. The molecule has 0 spiro atoms. The van der Waals surface area contributed by atoms with Crippen LogP contribution in [0.25, 0.3) is 0 Å². The second-order valence-electron chi connectivity index (χ2n) is 7.59. The van der Waals surface area contributed by atoms with E-state index in [4.69, 9.17) is 4.74 Å². The lowest BCUT2D eigenvalue weighted by molar-refractivity contribution is -0.122. The number of rotatable bonds is 5. The van der Waals surface area contributed by atoms with Crippen molar-refractivity contribution >= 4 is 34.8 Å². The molecule has 2 aliphatic heterocycles. The zero-order chi connectivity index (χ0) is 21.3. The molecule has 0 saturated carbocycles. The summed E-state index contributed by atoms with van der Waals surface area (Å²) in [4.78, 5) is 40.4. The third-order valence-corrected chi connectivity index (χ3v) is 5.58. The second-order valence-corrected chi connectivity index (χ2v) is 7.59. The number of amides is 3. The molecule has 1 N–H and O–H groups in total. The SMILES string of the molecule is CCOc1ccc(NC(=O)C2CC(=O)N(c3ccc4c(c3)CCN4C(C)=O)C2)cc1. The molecule has 1 fully saturated rings. The number of ether oxygens (including phenoxy) is 1. The lowest BCUT2D eigenvalue weighted by Gasteiger charge is -2.19. The fourth-order valence-corrected chi connectivity index (χ4v) is 4.06. The predicted octanol–water partition coefficient (Wildman–Crippen LogP) is 2.99. The quantitative estimate of drug-likeness (QED) is 0.827. The van der Waals surface area contributed by atoms with Gasteiger partial charge in [0.05, 0.1) is 12.5 Å². The van der Waals surface area contributed by atoms with Gasteiger partial charge < -0.3 is 19.9 Å². The smallest absolute Gasteiger partial charge is 0.229 e. The van der Waals surface area contributed by atoms with Gasteiger partial charge in [0.2, 0.25) is 17.7 Å². The summed E-state index contributed by atoms with van der Waals surface area (Å²) in [5.74, 6) is 0.121. The molecule has 1 unspecified atom stereocenters. The minimum absolute atomic E-state index is 0.0183. The molecule has 7 nitrogen and oxygen atoms in total. The minimum Gasteiger partial charge on any atom is -0.494 e. The number of carbonyl (C=O) groups is 3. The lowest BCUT2D eigenvalue weighted by atomic mass is 10.1. The number of hydrogen-bond donors (Lipinski definition) is 1. The summed E-state index contributed by atoms with van der Waals surface area (Å²) in [5.41, 5.74) is 3.41. The van der Waals surface area contributed by atoms with Crippen LogP contribution in [0.4, 0.5) is 17.1 Å². The topological polar surface area (TPSA) is 79.0 Å². The average Bonchev–Trinajstić information content (AvgIpc) is 3.33. The maximum absolute atomic E-state index is 12.7. The molecule has 30 heavy (non-hydrogen) atoms. The summed E-state index contributed by atoms with van der Waals surface area (Å²) in [5, 5.41) is 2.89. The Labute approximate surface area is 175 Å². The summed E-state index contributed by atoms with van der Waals surface area (Å²) in [7, 11) is 0. The first-order chi connectivity index (χ1) is 14.5. The molecule has 3 amide bonds. The van der Waals surface area contributed by atoms with Gasteiger partial charge in [0, 0.05) is 43.5 Å². The van der Waals surface area contributed by atoms with Crippen molar-refractivity contribution in [2.75, 3.05) is 34.8 Å². The van der Waals surface area contributed by atoms with Gasteiger partial charge in [-0.1, -0.05) is 0 Å². The van der Waals surface area contributed by atoms with Crippen molar-refractivity contribution in [2.24, 2.45) is 5.92 Å². The Morgan fingerprint density at radius 2 is 1.93 bits per heavy atom. The number of carbonyl (C=O) groups excluding carboxylic acids is 3. The van der Waals surface area contributed by atoms with Crippen molar-refractivity contribution in [3.05, 3.63) is 48.0 Å². The Morgan fingerprint density at radius 3 is 2.63 bits per heavy atom. The van der Waals surface area contributed by atoms with E-state index in [0.29, 0.717) is 25.4 Å². The predicted molar refractivity (Wildman–Crippen MR) is 115 cm³/mol. The van der Waals surface area contributed by atoms with Crippen LogP contribution < -0.4 is 19.9 Å². The van der Waals surface area contributed by atoms with Gasteiger partial charge in [-0.3, -0.25) is 14.4 Å². The van der Waals surface area contributed by atoms with Crippen molar-refractivity contribution in [3.8, 4) is 5.75 Å². The average molecular weight is 407 g/mol. The van der Waals surface area contributed by atoms with Crippen molar-refractivity contribution in [3.63, 3.8) is 0 Å². The largest absolute Gasteiger partial charge is 0.494 e. The Morgan fingerprint density at radius 1 is 1.17 bits per heavy atom. The molecule has 0 radical (unpaired) electrons. The number of nitrogens with one attached hydrogen (secondary N) is 1. The van der Waals surface area contributed by atoms with Crippen molar-refractivity contribution in [2.45, 2.75) is 26.7 Å². The van der Waals surface area contributed by atoms with Crippen molar-refractivity contribution < 1.29 is 19.1 Å². The van der Waals surface area contributed by atoms with Gasteiger partial charge >= 0.3 is 0 Å². The summed E-state index contributed by atoms with van der Waals surface area (Å²) < 4.78 is 5.41. The van der Waals surface area contributed by atoms with Crippen LogP contribution in [0.15, 0.2) is 42.5 Å². The summed E-state index contributed by atoms with van der Waals surface area (Å²) in [6.07, 6.45) is 0.950. The Bertz CT molecular complexity index is 986. The molecule has 1 atom stereocenters. The number of hydrogen-bond acceptors (Lipinski definition) is 4. The zero-order valence-corrected chi connectivity index (χ0v) is 17.2. The van der Waals surface area contributed by atoms with Crippen LogP contribution in [0.1, 0.15) is 25.8 Å². The second kappa shape index (κ2) is 8.18. The molecule has 4 rings (SSSR count). The van der Waals surface area contributed by atoms with Crippen LogP contribution in [-0.2, 0) is 20.8 Å². The Balaban J connectivity index is 1.43. The third-order valence-electron chi connectivity index (χ3n) is 5.58. The first-order valence-corrected chi connectivity index (χ1v) is 10.2. The molecule has 2 aliphatic rings. The third kappa shape index (κ3) is 3.87. The van der Waals surface area contributed by atoms with Crippen LogP contribution in [0.3, 0.4) is 0 Å². The summed E-state index contributed by atoms with van der Waals surface area (Å²) in [6, 6.07) is 12.9. The molecule has 0 bridgehead atoms. The van der Waals surface area contributed by atoms with E-state index in [2.05, 4.69) is 5.32 Å². The van der Waals surface area contributed by atoms with E-state index < -0.39 is 5.92 Å². The van der Waals surface area contributed by atoms with Crippen LogP contribution in [0.2, 0.25) is 0 Å². The van der Waals surface area contributed by atoms with Gasteiger partial charge in [0.25, 0.3) is 0 Å². The fraction of sp³-hybridized carbons (Fsp3) is 0.348. The number of anilines is 3. The summed E-state index contributed by atoms with van der Waals surface area (Å²) >= 11 is 0. The summed E-state index contributed by atoms with van der Waals surface area (Å²) in [6.45, 7) is 5.06. The maximum atomic E-state index is 12.7. The van der Waals surface area contributed by atoms with E-state index >= 15 is 0 Å². The fourth-order valence-electron chi connectivity index (χ4n) is 4.06. The Kier molecular flexibility index (Phi) is 5.44. The minimum atomic E-state index is -0.411. The molecular weight excluding hydrogens is 382 g/mol. The number of fused-ring (bicyclic) bond motifs is 1. The van der Waals surface area contributed by atoms with Gasteiger partial charge in [0.1, 0.15) is 5.75 Å². The monoisotopic (exact) mass is 407 g/mol. The van der Waals surface area contributed by atoms with E-state index in [1.807, 2.05) is 25.1 Å². The van der Waals surface area contributed by atoms with Crippen LogP contribution in [0.5, 0.6) is 5.75 Å². The van der Waals surface area contributed by atoms with Crippen LogP contribution in [0, 0.1) is 5.92 Å². The van der Waals surface area contributed by atoms with Gasteiger partial charge in [0.15, 0.2) is 0 Å². The van der Waals surface area contributed by atoms with E-state index in [9.17, 15) is 14.4 Å². The maximum Gasteiger partial charge on any atom is 0.229 e. The molecule has 2 aromatic rings. The molecule has 2 heterocycles. The van der Waals surface area contributed by atoms with Gasteiger partial charge in [-0.05, 0) is 61.4 Å². The van der Waals surface area contributed by atoms with E-state index in [1.54, 1.807) is 41.0 Å². The zero-order valence-electron chi connectivity index (χ0n) is 17.2. The van der Waals surface area contributed by atoms with Crippen LogP contribution in [-0.4, -0.2) is 37.4 Å². The molecular formula is C23H25N3O4. The Hall–Kier alpha value is -3.35. The lowest BCUT2D eigenvalue weighted by Crippen LogP contribution is -2.28. The molecule has 2 aromatic carbocycles. The molecule has 156 valence electrons. The first kappa shape index (κ1) is 19.9. The van der Waals surface area contributed by atoms with Crippen molar-refractivity contribution in [1.82, 2.24) is 0 Å². The van der Waals surface area contributed by atoms with Crippen LogP contribution >= 0.6 is 0 Å². The highest BCUT2D eigenvalue weighted by molar-refractivity contribution is 6.04. The van der Waals surface area contributed by atoms with Crippen molar-refractivity contribution in [1.29, 1.82) is 0 Å². The normalized spacial score (nSPS) is 17.8. The molecule has 7 heteroatoms. The number of nitrogens with zero attached hydrogens (tertiary/aromatic N) is 2. The molecule has 0 aromatic heterocycles. The van der Waals surface area contributed by atoms with Gasteiger partial charge in [-0.25, -0.2) is 0 Å². The molecule has 0 aliphatic carbocycles. The first-order valence-electron chi connectivity index (χ1n) is 10.2. The molecule has 1 saturated heterocycles.